The van der Waals surface area contributed by atoms with E-state index in [-0.39, 0.29) is 0 Å². The van der Waals surface area contributed by atoms with Gasteiger partial charge in [0.1, 0.15) is 0 Å². The first-order valence-electron chi connectivity index (χ1n) is 6.88. The lowest BCUT2D eigenvalue weighted by Gasteiger charge is -2.12. The summed E-state index contributed by atoms with van der Waals surface area (Å²) in [4.78, 5) is 0. The Morgan fingerprint density at radius 3 is 2.67 bits per heavy atom. The third-order valence-electron chi connectivity index (χ3n) is 3.57. The summed E-state index contributed by atoms with van der Waals surface area (Å²) in [5.74, 6) is 2.50. The van der Waals surface area contributed by atoms with Gasteiger partial charge < -0.3 is 14.8 Å². The van der Waals surface area contributed by atoms with Crippen LogP contribution >= 0.6 is 0 Å². The van der Waals surface area contributed by atoms with Crippen molar-refractivity contribution in [1.82, 2.24) is 5.32 Å². The van der Waals surface area contributed by atoms with Gasteiger partial charge in [-0.15, -0.1) is 0 Å². The molecule has 2 aliphatic rings. The van der Waals surface area contributed by atoms with Crippen LogP contribution in [0, 0.1) is 5.92 Å². The van der Waals surface area contributed by atoms with Gasteiger partial charge in [0.2, 0.25) is 0 Å². The quantitative estimate of drug-likeness (QED) is 0.803. The molecule has 3 heteroatoms. The molecule has 98 valence electrons. The first-order valence-corrected chi connectivity index (χ1v) is 6.88. The zero-order chi connectivity index (χ0) is 12.4. The average molecular weight is 247 g/mol. The molecule has 0 unspecified atom stereocenters. The van der Waals surface area contributed by atoms with Gasteiger partial charge in [0, 0.05) is 12.6 Å². The SMILES string of the molecule is COc1cc(CNC2CC2)ccc1OCC1CC1. The third-order valence-corrected chi connectivity index (χ3v) is 3.57. The molecule has 3 rings (SSSR count). The van der Waals surface area contributed by atoms with Gasteiger partial charge >= 0.3 is 0 Å². The van der Waals surface area contributed by atoms with Gasteiger partial charge in [-0.05, 0) is 49.3 Å². The molecule has 2 aliphatic carbocycles. The second kappa shape index (κ2) is 5.19. The van der Waals surface area contributed by atoms with Crippen molar-refractivity contribution in [3.8, 4) is 11.5 Å². The highest BCUT2D eigenvalue weighted by Gasteiger charge is 2.23. The summed E-state index contributed by atoms with van der Waals surface area (Å²) in [7, 11) is 1.71. The van der Waals surface area contributed by atoms with Crippen LogP contribution in [0.1, 0.15) is 31.2 Å². The number of nitrogens with one attached hydrogen (secondary N) is 1. The summed E-state index contributed by atoms with van der Waals surface area (Å²) in [6, 6.07) is 6.98. The van der Waals surface area contributed by atoms with E-state index in [2.05, 4.69) is 17.4 Å². The summed E-state index contributed by atoms with van der Waals surface area (Å²) in [6.07, 6.45) is 5.26. The van der Waals surface area contributed by atoms with Crippen LogP contribution in [0.5, 0.6) is 11.5 Å². The number of methoxy groups -OCH3 is 1. The van der Waals surface area contributed by atoms with E-state index >= 15 is 0 Å². The maximum absolute atomic E-state index is 5.80. The van der Waals surface area contributed by atoms with E-state index in [0.29, 0.717) is 0 Å². The van der Waals surface area contributed by atoms with Gasteiger partial charge in [-0.3, -0.25) is 0 Å². The number of ether oxygens (including phenoxy) is 2. The van der Waals surface area contributed by atoms with Crippen molar-refractivity contribution >= 4 is 0 Å². The maximum atomic E-state index is 5.80. The van der Waals surface area contributed by atoms with Crippen molar-refractivity contribution in [2.45, 2.75) is 38.3 Å². The van der Waals surface area contributed by atoms with Gasteiger partial charge in [0.15, 0.2) is 11.5 Å². The van der Waals surface area contributed by atoms with Gasteiger partial charge in [0.25, 0.3) is 0 Å². The fourth-order valence-corrected chi connectivity index (χ4v) is 1.98. The smallest absolute Gasteiger partial charge is 0.161 e. The van der Waals surface area contributed by atoms with E-state index in [1.165, 1.54) is 31.2 Å². The Kier molecular flexibility index (Phi) is 3.41. The lowest BCUT2D eigenvalue weighted by atomic mass is 10.2. The Morgan fingerprint density at radius 2 is 2.00 bits per heavy atom. The molecular weight excluding hydrogens is 226 g/mol. The maximum Gasteiger partial charge on any atom is 0.161 e. The molecule has 18 heavy (non-hydrogen) atoms. The summed E-state index contributed by atoms with van der Waals surface area (Å²) in [6.45, 7) is 1.75. The molecule has 2 saturated carbocycles. The molecule has 0 aromatic heterocycles. The first-order chi connectivity index (χ1) is 8.85. The van der Waals surface area contributed by atoms with Crippen molar-refractivity contribution < 1.29 is 9.47 Å². The Hall–Kier alpha value is -1.22. The minimum absolute atomic E-state index is 0.738. The molecule has 0 saturated heterocycles. The second-order valence-electron chi connectivity index (χ2n) is 5.39. The fourth-order valence-electron chi connectivity index (χ4n) is 1.98. The Balaban J connectivity index is 1.61. The van der Waals surface area contributed by atoms with E-state index in [9.17, 15) is 0 Å². The Morgan fingerprint density at radius 1 is 1.17 bits per heavy atom. The molecule has 0 bridgehead atoms. The van der Waals surface area contributed by atoms with Crippen LogP contribution in [0.3, 0.4) is 0 Å². The molecule has 1 N–H and O–H groups in total. The molecule has 1 aromatic carbocycles. The number of benzene rings is 1. The van der Waals surface area contributed by atoms with E-state index < -0.39 is 0 Å². The molecule has 0 heterocycles. The molecule has 0 amide bonds. The highest BCUT2D eigenvalue weighted by molar-refractivity contribution is 5.43. The molecule has 0 spiro atoms. The average Bonchev–Trinajstić information content (AvgIpc) is 3.28. The molecule has 0 aliphatic heterocycles. The largest absolute Gasteiger partial charge is 0.493 e. The van der Waals surface area contributed by atoms with E-state index in [1.54, 1.807) is 7.11 Å². The summed E-state index contributed by atoms with van der Waals surface area (Å²) >= 11 is 0. The molecule has 3 nitrogen and oxygen atoms in total. The van der Waals surface area contributed by atoms with Crippen LogP contribution in [0.15, 0.2) is 18.2 Å². The number of hydrogen-bond acceptors (Lipinski definition) is 3. The van der Waals surface area contributed by atoms with Crippen molar-refractivity contribution in [1.29, 1.82) is 0 Å². The van der Waals surface area contributed by atoms with Crippen molar-refractivity contribution in [2.75, 3.05) is 13.7 Å². The van der Waals surface area contributed by atoms with Gasteiger partial charge in [-0.2, -0.15) is 0 Å². The number of hydrogen-bond donors (Lipinski definition) is 1. The minimum atomic E-state index is 0.738. The van der Waals surface area contributed by atoms with E-state index in [4.69, 9.17) is 9.47 Å². The highest BCUT2D eigenvalue weighted by atomic mass is 16.5. The van der Waals surface area contributed by atoms with Crippen LogP contribution in [0.25, 0.3) is 0 Å². The Bertz CT molecular complexity index is 411. The van der Waals surface area contributed by atoms with Gasteiger partial charge in [0.05, 0.1) is 13.7 Å². The predicted octanol–water partition coefficient (Wildman–Crippen LogP) is 2.74. The third kappa shape index (κ3) is 3.16. The van der Waals surface area contributed by atoms with Gasteiger partial charge in [-0.25, -0.2) is 0 Å². The highest BCUT2D eigenvalue weighted by Crippen LogP contribution is 2.33. The standard InChI is InChI=1S/C15H21NO2/c1-17-15-8-12(9-16-13-5-6-13)4-7-14(15)18-10-11-2-3-11/h4,7-8,11,13,16H,2-3,5-6,9-10H2,1H3. The van der Waals surface area contributed by atoms with Crippen LogP contribution in [-0.2, 0) is 6.54 Å². The summed E-state index contributed by atoms with van der Waals surface area (Å²) in [5, 5.41) is 3.51. The van der Waals surface area contributed by atoms with Crippen LogP contribution < -0.4 is 14.8 Å². The molecule has 1 aromatic rings. The van der Waals surface area contributed by atoms with Crippen LogP contribution in [0.2, 0.25) is 0 Å². The fraction of sp³-hybridized carbons (Fsp3) is 0.600. The zero-order valence-corrected chi connectivity index (χ0v) is 10.9. The molecule has 0 radical (unpaired) electrons. The van der Waals surface area contributed by atoms with Crippen molar-refractivity contribution in [3.05, 3.63) is 23.8 Å². The molecule has 2 fully saturated rings. The van der Waals surface area contributed by atoms with E-state index in [0.717, 1.165) is 36.6 Å². The van der Waals surface area contributed by atoms with Crippen LogP contribution in [0.4, 0.5) is 0 Å². The predicted molar refractivity (Wildman–Crippen MR) is 71.1 cm³/mol. The Labute approximate surface area is 108 Å². The second-order valence-corrected chi connectivity index (χ2v) is 5.39. The normalized spacial score (nSPS) is 18.7. The van der Waals surface area contributed by atoms with Gasteiger partial charge in [-0.1, -0.05) is 6.07 Å². The minimum Gasteiger partial charge on any atom is -0.493 e. The summed E-state index contributed by atoms with van der Waals surface area (Å²) in [5.41, 5.74) is 1.26. The lowest BCUT2D eigenvalue weighted by Crippen LogP contribution is -2.15. The lowest BCUT2D eigenvalue weighted by molar-refractivity contribution is 0.280. The first kappa shape index (κ1) is 11.8. The topological polar surface area (TPSA) is 30.5 Å². The molecular formula is C15H21NO2. The number of rotatable bonds is 7. The monoisotopic (exact) mass is 247 g/mol. The zero-order valence-electron chi connectivity index (χ0n) is 10.9. The summed E-state index contributed by atoms with van der Waals surface area (Å²) < 4.78 is 11.2. The van der Waals surface area contributed by atoms with Crippen molar-refractivity contribution in [3.63, 3.8) is 0 Å². The van der Waals surface area contributed by atoms with Crippen molar-refractivity contribution in [2.24, 2.45) is 5.92 Å². The van der Waals surface area contributed by atoms with E-state index in [1.807, 2.05) is 6.07 Å². The van der Waals surface area contributed by atoms with Crippen LogP contribution in [-0.4, -0.2) is 19.8 Å². The molecule has 0 atom stereocenters.